The third-order valence-electron chi connectivity index (χ3n) is 3.91. The minimum atomic E-state index is -0.0537. The van der Waals surface area contributed by atoms with Gasteiger partial charge in [-0.15, -0.1) is 0 Å². The average Bonchev–Trinajstić information content (AvgIpc) is 2.75. The number of rotatable bonds is 2. The highest BCUT2D eigenvalue weighted by Gasteiger charge is 2.37. The van der Waals surface area contributed by atoms with E-state index >= 15 is 0 Å². The minimum absolute atomic E-state index is 0.0537. The Labute approximate surface area is 106 Å². The molecule has 6 heteroatoms. The summed E-state index contributed by atoms with van der Waals surface area (Å²) in [4.78, 5) is 16.4. The van der Waals surface area contributed by atoms with E-state index in [0.717, 1.165) is 13.1 Å². The van der Waals surface area contributed by atoms with Crippen molar-refractivity contribution >= 4 is 5.91 Å². The molecule has 0 radical (unpaired) electrons. The summed E-state index contributed by atoms with van der Waals surface area (Å²) < 4.78 is 4.57. The van der Waals surface area contributed by atoms with Gasteiger partial charge in [0, 0.05) is 19.1 Å². The molecule has 0 aliphatic carbocycles. The lowest BCUT2D eigenvalue weighted by Gasteiger charge is -2.46. The second-order valence-corrected chi connectivity index (χ2v) is 5.16. The van der Waals surface area contributed by atoms with Crippen LogP contribution < -0.4 is 0 Å². The van der Waals surface area contributed by atoms with Gasteiger partial charge in [0.15, 0.2) is 5.69 Å². The summed E-state index contributed by atoms with van der Waals surface area (Å²) in [6.45, 7) is 5.72. The van der Waals surface area contributed by atoms with Gasteiger partial charge in [0.05, 0.1) is 0 Å². The summed E-state index contributed by atoms with van der Waals surface area (Å²) in [5.74, 6) is -0.0537. The fourth-order valence-electron chi connectivity index (χ4n) is 2.71. The SMILES string of the molecule is Cc1nonc1C(=O)N1CC(N2CCCCC2)C1. The van der Waals surface area contributed by atoms with E-state index in [0.29, 0.717) is 17.4 Å². The van der Waals surface area contributed by atoms with Crippen LogP contribution in [0.2, 0.25) is 0 Å². The first-order valence-corrected chi connectivity index (χ1v) is 6.58. The predicted octanol–water partition coefficient (Wildman–Crippen LogP) is 0.688. The summed E-state index contributed by atoms with van der Waals surface area (Å²) >= 11 is 0. The maximum absolute atomic E-state index is 12.1. The van der Waals surface area contributed by atoms with Crippen molar-refractivity contribution in [3.05, 3.63) is 11.4 Å². The van der Waals surface area contributed by atoms with Crippen LogP contribution in [0.1, 0.15) is 35.4 Å². The van der Waals surface area contributed by atoms with Gasteiger partial charge in [-0.3, -0.25) is 9.69 Å². The Bertz CT molecular complexity index is 433. The van der Waals surface area contributed by atoms with Crippen LogP contribution in [0.4, 0.5) is 0 Å². The highest BCUT2D eigenvalue weighted by atomic mass is 16.6. The van der Waals surface area contributed by atoms with Gasteiger partial charge in [-0.1, -0.05) is 11.6 Å². The van der Waals surface area contributed by atoms with Crippen LogP contribution in [0.15, 0.2) is 4.63 Å². The number of amides is 1. The number of aryl methyl sites for hydroxylation is 1. The average molecular weight is 250 g/mol. The van der Waals surface area contributed by atoms with Crippen molar-refractivity contribution < 1.29 is 9.42 Å². The zero-order chi connectivity index (χ0) is 12.5. The van der Waals surface area contributed by atoms with Crippen LogP contribution in [0.25, 0.3) is 0 Å². The van der Waals surface area contributed by atoms with E-state index in [9.17, 15) is 4.79 Å². The number of hydrogen-bond donors (Lipinski definition) is 0. The molecule has 2 fully saturated rings. The standard InChI is InChI=1S/C12H18N4O2/c1-9-11(14-18-13-9)12(17)16-7-10(8-16)15-5-3-2-4-6-15/h10H,2-8H2,1H3. The molecule has 2 aliphatic rings. The molecule has 0 unspecified atom stereocenters. The Kier molecular flexibility index (Phi) is 3.03. The molecule has 0 N–H and O–H groups in total. The number of likely N-dealkylation sites (tertiary alicyclic amines) is 2. The van der Waals surface area contributed by atoms with Gasteiger partial charge in [0.1, 0.15) is 5.69 Å². The van der Waals surface area contributed by atoms with E-state index < -0.39 is 0 Å². The highest BCUT2D eigenvalue weighted by Crippen LogP contribution is 2.21. The molecule has 0 saturated carbocycles. The van der Waals surface area contributed by atoms with E-state index in [-0.39, 0.29) is 5.91 Å². The first-order chi connectivity index (χ1) is 8.75. The Morgan fingerprint density at radius 2 is 1.94 bits per heavy atom. The van der Waals surface area contributed by atoms with Gasteiger partial charge < -0.3 is 4.90 Å². The van der Waals surface area contributed by atoms with Crippen LogP contribution in [0, 0.1) is 6.92 Å². The van der Waals surface area contributed by atoms with E-state index in [1.165, 1.54) is 32.4 Å². The maximum Gasteiger partial charge on any atom is 0.278 e. The molecular formula is C12H18N4O2. The maximum atomic E-state index is 12.1. The van der Waals surface area contributed by atoms with Crippen LogP contribution in [0.3, 0.4) is 0 Å². The Morgan fingerprint density at radius 1 is 1.22 bits per heavy atom. The van der Waals surface area contributed by atoms with Crippen LogP contribution in [-0.4, -0.2) is 58.2 Å². The van der Waals surface area contributed by atoms with Crippen molar-refractivity contribution in [1.82, 2.24) is 20.1 Å². The molecule has 6 nitrogen and oxygen atoms in total. The number of hydrogen-bond acceptors (Lipinski definition) is 5. The lowest BCUT2D eigenvalue weighted by Crippen LogP contribution is -2.61. The molecule has 0 atom stereocenters. The van der Waals surface area contributed by atoms with Gasteiger partial charge in [-0.05, 0) is 38.0 Å². The fourth-order valence-corrected chi connectivity index (χ4v) is 2.71. The monoisotopic (exact) mass is 250 g/mol. The van der Waals surface area contributed by atoms with E-state index in [4.69, 9.17) is 0 Å². The van der Waals surface area contributed by atoms with Crippen molar-refractivity contribution in [2.75, 3.05) is 26.2 Å². The van der Waals surface area contributed by atoms with Crippen molar-refractivity contribution in [3.8, 4) is 0 Å². The van der Waals surface area contributed by atoms with E-state index in [1.54, 1.807) is 6.92 Å². The first kappa shape index (κ1) is 11.6. The number of aromatic nitrogens is 2. The van der Waals surface area contributed by atoms with Gasteiger partial charge in [0.25, 0.3) is 5.91 Å². The number of piperidine rings is 1. The lowest BCUT2D eigenvalue weighted by atomic mass is 10.0. The number of nitrogens with zero attached hydrogens (tertiary/aromatic N) is 4. The van der Waals surface area contributed by atoms with Gasteiger partial charge in [0.2, 0.25) is 0 Å². The molecule has 2 saturated heterocycles. The minimum Gasteiger partial charge on any atom is -0.334 e. The quantitative estimate of drug-likeness (QED) is 0.772. The van der Waals surface area contributed by atoms with Crippen LogP contribution in [0.5, 0.6) is 0 Å². The second-order valence-electron chi connectivity index (χ2n) is 5.16. The van der Waals surface area contributed by atoms with Crippen LogP contribution >= 0.6 is 0 Å². The molecule has 0 aromatic carbocycles. The molecule has 0 spiro atoms. The predicted molar refractivity (Wildman–Crippen MR) is 64.2 cm³/mol. The van der Waals surface area contributed by atoms with Crippen molar-refractivity contribution in [2.24, 2.45) is 0 Å². The molecule has 1 aromatic heterocycles. The number of carbonyl (C=O) groups is 1. The lowest BCUT2D eigenvalue weighted by molar-refractivity contribution is 0.0196. The van der Waals surface area contributed by atoms with Gasteiger partial charge in [-0.25, -0.2) is 4.63 Å². The summed E-state index contributed by atoms with van der Waals surface area (Å²) in [5, 5.41) is 7.31. The van der Waals surface area contributed by atoms with Gasteiger partial charge >= 0.3 is 0 Å². The molecule has 3 rings (SSSR count). The third kappa shape index (κ3) is 2.01. The van der Waals surface area contributed by atoms with Crippen LogP contribution in [-0.2, 0) is 0 Å². The molecule has 1 aromatic rings. The Hall–Kier alpha value is -1.43. The summed E-state index contributed by atoms with van der Waals surface area (Å²) in [6, 6.07) is 0.536. The van der Waals surface area contributed by atoms with Crippen molar-refractivity contribution in [3.63, 3.8) is 0 Å². The van der Waals surface area contributed by atoms with E-state index in [1.807, 2.05) is 4.90 Å². The van der Waals surface area contributed by atoms with Crippen molar-refractivity contribution in [2.45, 2.75) is 32.2 Å². The molecule has 2 aliphatic heterocycles. The summed E-state index contributed by atoms with van der Waals surface area (Å²) in [7, 11) is 0. The highest BCUT2D eigenvalue weighted by molar-refractivity contribution is 5.93. The van der Waals surface area contributed by atoms with Gasteiger partial charge in [-0.2, -0.15) is 0 Å². The van der Waals surface area contributed by atoms with Crippen molar-refractivity contribution in [1.29, 1.82) is 0 Å². The zero-order valence-electron chi connectivity index (χ0n) is 10.6. The topological polar surface area (TPSA) is 62.5 Å². The smallest absolute Gasteiger partial charge is 0.278 e. The molecule has 18 heavy (non-hydrogen) atoms. The molecular weight excluding hydrogens is 232 g/mol. The molecule has 98 valence electrons. The fraction of sp³-hybridized carbons (Fsp3) is 0.750. The first-order valence-electron chi connectivity index (χ1n) is 6.58. The molecule has 1 amide bonds. The summed E-state index contributed by atoms with van der Waals surface area (Å²) in [6.07, 6.45) is 3.92. The normalized spacial score (nSPS) is 21.9. The zero-order valence-corrected chi connectivity index (χ0v) is 10.6. The third-order valence-corrected chi connectivity index (χ3v) is 3.91. The molecule has 3 heterocycles. The molecule has 0 bridgehead atoms. The Morgan fingerprint density at radius 3 is 2.56 bits per heavy atom. The Balaban J connectivity index is 1.55. The van der Waals surface area contributed by atoms with E-state index in [2.05, 4.69) is 19.8 Å². The number of carbonyl (C=O) groups excluding carboxylic acids is 1. The second kappa shape index (κ2) is 4.68. The summed E-state index contributed by atoms with van der Waals surface area (Å²) in [5.41, 5.74) is 0.925. The largest absolute Gasteiger partial charge is 0.334 e.